The largest absolute Gasteiger partial charge is 0.444 e. The minimum Gasteiger partial charge on any atom is -0.444 e. The summed E-state index contributed by atoms with van der Waals surface area (Å²) < 4.78 is 5.30. The standard InChI is InChI=1S/C26H40N4O5/c1-15-10-9-11-16(2)20(15)21(22(32)29-25(3,4)5)30(17-12-13-17)23(33)18(14-19(27)31)28-24(34)35-26(6,7)8/h9-11,17-18,21H,12-14H2,1-8H3,(H2,27,31)(H,28,34)(H,29,32). The summed E-state index contributed by atoms with van der Waals surface area (Å²) in [5.41, 5.74) is 6.55. The number of amides is 4. The number of nitrogens with one attached hydrogen (secondary N) is 2. The van der Waals surface area contributed by atoms with Gasteiger partial charge in [-0.3, -0.25) is 14.4 Å². The number of aryl methyl sites for hydroxylation is 2. The molecule has 35 heavy (non-hydrogen) atoms. The van der Waals surface area contributed by atoms with Crippen molar-refractivity contribution in [3.63, 3.8) is 0 Å². The molecule has 1 saturated carbocycles. The summed E-state index contributed by atoms with van der Waals surface area (Å²) in [4.78, 5) is 53.5. The molecule has 0 saturated heterocycles. The van der Waals surface area contributed by atoms with Gasteiger partial charge in [-0.15, -0.1) is 0 Å². The highest BCUT2D eigenvalue weighted by atomic mass is 16.6. The van der Waals surface area contributed by atoms with Gasteiger partial charge in [0.1, 0.15) is 17.7 Å². The molecule has 9 heteroatoms. The molecule has 2 atom stereocenters. The second kappa shape index (κ2) is 10.7. The van der Waals surface area contributed by atoms with Crippen LogP contribution in [0, 0.1) is 13.8 Å². The fraction of sp³-hybridized carbons (Fsp3) is 0.615. The quantitative estimate of drug-likeness (QED) is 0.518. The summed E-state index contributed by atoms with van der Waals surface area (Å²) in [6, 6.07) is 3.29. The molecular weight excluding hydrogens is 448 g/mol. The smallest absolute Gasteiger partial charge is 0.408 e. The predicted molar refractivity (Wildman–Crippen MR) is 133 cm³/mol. The number of benzene rings is 1. The minimum atomic E-state index is -1.27. The molecule has 0 radical (unpaired) electrons. The highest BCUT2D eigenvalue weighted by Gasteiger charge is 2.45. The lowest BCUT2D eigenvalue weighted by Crippen LogP contribution is -2.56. The van der Waals surface area contributed by atoms with Crippen molar-refractivity contribution in [2.24, 2.45) is 5.73 Å². The molecule has 2 unspecified atom stereocenters. The van der Waals surface area contributed by atoms with Gasteiger partial charge in [0.05, 0.1) is 6.42 Å². The number of carbonyl (C=O) groups is 4. The summed E-state index contributed by atoms with van der Waals surface area (Å²) in [5.74, 6) is -1.63. The van der Waals surface area contributed by atoms with Crippen LogP contribution in [0.2, 0.25) is 0 Å². The molecular formula is C26H40N4O5. The van der Waals surface area contributed by atoms with E-state index < -0.39 is 47.6 Å². The Morgan fingerprint density at radius 3 is 2.03 bits per heavy atom. The van der Waals surface area contributed by atoms with Crippen molar-refractivity contribution in [1.29, 1.82) is 0 Å². The van der Waals surface area contributed by atoms with Crippen molar-refractivity contribution in [2.45, 2.75) is 104 Å². The van der Waals surface area contributed by atoms with E-state index in [1.807, 2.05) is 52.8 Å². The third-order valence-electron chi connectivity index (χ3n) is 5.43. The van der Waals surface area contributed by atoms with Crippen molar-refractivity contribution in [1.82, 2.24) is 15.5 Å². The number of nitrogens with zero attached hydrogens (tertiary/aromatic N) is 1. The van der Waals surface area contributed by atoms with Gasteiger partial charge in [-0.1, -0.05) is 18.2 Å². The lowest BCUT2D eigenvalue weighted by Gasteiger charge is -2.37. The molecule has 0 aliphatic heterocycles. The number of hydrogen-bond acceptors (Lipinski definition) is 5. The van der Waals surface area contributed by atoms with Gasteiger partial charge in [0.2, 0.25) is 17.7 Å². The maximum Gasteiger partial charge on any atom is 0.408 e. The molecule has 0 spiro atoms. The molecule has 0 aromatic heterocycles. The third-order valence-corrected chi connectivity index (χ3v) is 5.43. The topological polar surface area (TPSA) is 131 Å². The Bertz CT molecular complexity index is 953. The van der Waals surface area contributed by atoms with Crippen LogP contribution in [0.3, 0.4) is 0 Å². The molecule has 194 valence electrons. The van der Waals surface area contributed by atoms with Crippen molar-refractivity contribution in [3.8, 4) is 0 Å². The van der Waals surface area contributed by atoms with Gasteiger partial charge in [-0.05, 0) is 84.9 Å². The number of alkyl carbamates (subject to hydrolysis) is 1. The van der Waals surface area contributed by atoms with E-state index in [1.165, 1.54) is 4.90 Å². The molecule has 0 bridgehead atoms. The zero-order chi connectivity index (χ0) is 26.7. The Balaban J connectivity index is 2.55. The lowest BCUT2D eigenvalue weighted by atomic mass is 9.92. The summed E-state index contributed by atoms with van der Waals surface area (Å²) in [7, 11) is 0. The van der Waals surface area contributed by atoms with Crippen molar-refractivity contribution < 1.29 is 23.9 Å². The molecule has 9 nitrogen and oxygen atoms in total. The van der Waals surface area contributed by atoms with Crippen LogP contribution in [0.5, 0.6) is 0 Å². The summed E-state index contributed by atoms with van der Waals surface area (Å²) >= 11 is 0. The normalized spacial score (nSPS) is 15.5. The highest BCUT2D eigenvalue weighted by molar-refractivity contribution is 5.95. The lowest BCUT2D eigenvalue weighted by molar-refractivity contribution is -0.144. The van der Waals surface area contributed by atoms with Gasteiger partial charge < -0.3 is 26.0 Å². The van der Waals surface area contributed by atoms with Gasteiger partial charge >= 0.3 is 6.09 Å². The van der Waals surface area contributed by atoms with E-state index in [4.69, 9.17) is 10.5 Å². The van der Waals surface area contributed by atoms with Crippen molar-refractivity contribution in [2.75, 3.05) is 0 Å². The van der Waals surface area contributed by atoms with Crippen LogP contribution >= 0.6 is 0 Å². The second-order valence-corrected chi connectivity index (χ2v) is 11.3. The number of nitrogens with two attached hydrogens (primary N) is 1. The minimum absolute atomic E-state index is 0.201. The maximum absolute atomic E-state index is 13.9. The second-order valence-electron chi connectivity index (χ2n) is 11.3. The molecule has 1 fully saturated rings. The van der Waals surface area contributed by atoms with Crippen LogP contribution < -0.4 is 16.4 Å². The van der Waals surface area contributed by atoms with Crippen LogP contribution in [0.15, 0.2) is 18.2 Å². The first-order chi connectivity index (χ1) is 16.0. The van der Waals surface area contributed by atoms with Crippen molar-refractivity contribution in [3.05, 3.63) is 34.9 Å². The molecule has 1 aliphatic rings. The van der Waals surface area contributed by atoms with Gasteiger partial charge in [0.15, 0.2) is 0 Å². The summed E-state index contributed by atoms with van der Waals surface area (Å²) in [6.07, 6.45) is 0.176. The van der Waals surface area contributed by atoms with E-state index in [-0.39, 0.29) is 11.9 Å². The van der Waals surface area contributed by atoms with E-state index in [0.29, 0.717) is 12.8 Å². The van der Waals surface area contributed by atoms with E-state index in [0.717, 1.165) is 16.7 Å². The van der Waals surface area contributed by atoms with Crippen LogP contribution in [0.4, 0.5) is 4.79 Å². The van der Waals surface area contributed by atoms with E-state index >= 15 is 0 Å². The molecule has 1 aromatic rings. The molecule has 1 aromatic carbocycles. The third kappa shape index (κ3) is 8.26. The SMILES string of the molecule is Cc1cccc(C)c1C(C(=O)NC(C)(C)C)N(C(=O)C(CC(N)=O)NC(=O)OC(C)(C)C)C1CC1. The van der Waals surface area contributed by atoms with Crippen LogP contribution in [0.1, 0.15) is 83.5 Å². The Kier molecular flexibility index (Phi) is 8.57. The average molecular weight is 489 g/mol. The Morgan fingerprint density at radius 2 is 1.60 bits per heavy atom. The molecule has 1 aliphatic carbocycles. The monoisotopic (exact) mass is 488 g/mol. The van der Waals surface area contributed by atoms with Gasteiger partial charge in [0.25, 0.3) is 0 Å². The van der Waals surface area contributed by atoms with Gasteiger partial charge in [0, 0.05) is 11.6 Å². The first-order valence-electron chi connectivity index (χ1n) is 12.0. The number of carbonyl (C=O) groups excluding carboxylic acids is 4. The summed E-state index contributed by atoms with van der Waals surface area (Å²) in [6.45, 7) is 14.5. The van der Waals surface area contributed by atoms with E-state index in [2.05, 4.69) is 10.6 Å². The number of primary amides is 1. The summed E-state index contributed by atoms with van der Waals surface area (Å²) in [5, 5.41) is 5.51. The fourth-order valence-electron chi connectivity index (χ4n) is 3.99. The maximum atomic E-state index is 13.9. The van der Waals surface area contributed by atoms with E-state index in [1.54, 1.807) is 20.8 Å². The predicted octanol–water partition coefficient (Wildman–Crippen LogP) is 3.02. The zero-order valence-electron chi connectivity index (χ0n) is 22.2. The Hall–Kier alpha value is -3.10. The molecule has 4 amide bonds. The first kappa shape index (κ1) is 28.1. The number of rotatable bonds is 8. The van der Waals surface area contributed by atoms with Crippen LogP contribution in [0.25, 0.3) is 0 Å². The number of ether oxygens (including phenoxy) is 1. The van der Waals surface area contributed by atoms with Gasteiger partial charge in [-0.2, -0.15) is 0 Å². The fourth-order valence-corrected chi connectivity index (χ4v) is 3.99. The average Bonchev–Trinajstić information content (AvgIpc) is 3.47. The molecule has 2 rings (SSSR count). The van der Waals surface area contributed by atoms with Crippen LogP contribution in [-0.4, -0.2) is 51.9 Å². The van der Waals surface area contributed by atoms with Gasteiger partial charge in [-0.25, -0.2) is 4.79 Å². The van der Waals surface area contributed by atoms with Crippen molar-refractivity contribution >= 4 is 23.8 Å². The Labute approximate surface area is 208 Å². The Morgan fingerprint density at radius 1 is 1.06 bits per heavy atom. The zero-order valence-corrected chi connectivity index (χ0v) is 22.2. The number of hydrogen-bond donors (Lipinski definition) is 3. The van der Waals surface area contributed by atoms with Crippen LogP contribution in [-0.2, 0) is 19.1 Å². The molecule has 4 N–H and O–H groups in total. The first-order valence-corrected chi connectivity index (χ1v) is 12.0. The molecule has 0 heterocycles. The highest BCUT2D eigenvalue weighted by Crippen LogP contribution is 2.38. The van der Waals surface area contributed by atoms with E-state index in [9.17, 15) is 19.2 Å².